The lowest BCUT2D eigenvalue weighted by Gasteiger charge is -2.28. The van der Waals surface area contributed by atoms with E-state index in [-0.39, 0.29) is 12.1 Å². The summed E-state index contributed by atoms with van der Waals surface area (Å²) in [4.78, 5) is 9.28. The van der Waals surface area contributed by atoms with Gasteiger partial charge in [0.05, 0.1) is 17.8 Å². The van der Waals surface area contributed by atoms with E-state index >= 15 is 0 Å². The molecule has 1 N–H and O–H groups in total. The van der Waals surface area contributed by atoms with Crippen LogP contribution in [-0.2, 0) is 6.42 Å². The van der Waals surface area contributed by atoms with Crippen molar-refractivity contribution in [3.05, 3.63) is 82.9 Å². The van der Waals surface area contributed by atoms with E-state index in [0.29, 0.717) is 0 Å². The molecule has 3 aromatic rings. The molecule has 33 heavy (non-hydrogen) atoms. The van der Waals surface area contributed by atoms with Gasteiger partial charge in [0.1, 0.15) is 0 Å². The summed E-state index contributed by atoms with van der Waals surface area (Å²) >= 11 is 5.84. The predicted octanol–water partition coefficient (Wildman–Crippen LogP) is 4.98. The van der Waals surface area contributed by atoms with E-state index in [1.54, 1.807) is 0 Å². The Balaban J connectivity index is 1.75. The van der Waals surface area contributed by atoms with Gasteiger partial charge in [0.15, 0.2) is 5.11 Å². The highest BCUT2D eigenvalue weighted by Gasteiger charge is 2.41. The Bertz CT molecular complexity index is 1090. The molecular formula is C27H35N5S. The highest BCUT2D eigenvalue weighted by Crippen LogP contribution is 2.41. The molecule has 0 spiro atoms. The number of benzene rings is 1. The van der Waals surface area contributed by atoms with Crippen LogP contribution in [0.3, 0.4) is 0 Å². The van der Waals surface area contributed by atoms with Crippen molar-refractivity contribution in [1.29, 1.82) is 0 Å². The molecule has 4 rings (SSSR count). The maximum absolute atomic E-state index is 5.84. The van der Waals surface area contributed by atoms with Gasteiger partial charge in [-0.15, -0.1) is 0 Å². The molecule has 1 aromatic carbocycles. The molecule has 3 heterocycles. The molecule has 0 radical (unpaired) electrons. The second-order valence-corrected chi connectivity index (χ2v) is 9.55. The molecule has 1 fully saturated rings. The second-order valence-electron chi connectivity index (χ2n) is 9.16. The minimum atomic E-state index is 0.0227. The molecule has 6 heteroatoms. The van der Waals surface area contributed by atoms with Crippen LogP contribution in [0.1, 0.15) is 53.6 Å². The second kappa shape index (κ2) is 10.1. The van der Waals surface area contributed by atoms with Gasteiger partial charge in [0, 0.05) is 29.8 Å². The average Bonchev–Trinajstić information content (AvgIpc) is 3.29. The monoisotopic (exact) mass is 461 g/mol. The van der Waals surface area contributed by atoms with Gasteiger partial charge >= 0.3 is 0 Å². The normalized spacial score (nSPS) is 18.2. The third-order valence-corrected chi connectivity index (χ3v) is 6.95. The molecule has 0 bridgehead atoms. The first-order valence-corrected chi connectivity index (χ1v) is 12.2. The van der Waals surface area contributed by atoms with Crippen LogP contribution in [-0.4, -0.2) is 51.6 Å². The van der Waals surface area contributed by atoms with Gasteiger partial charge in [-0.05, 0) is 101 Å². The Kier molecular flexibility index (Phi) is 7.15. The molecule has 2 aromatic heterocycles. The van der Waals surface area contributed by atoms with Crippen LogP contribution in [0, 0.1) is 13.8 Å². The molecule has 0 saturated carbocycles. The summed E-state index contributed by atoms with van der Waals surface area (Å²) in [6.07, 6.45) is 3.97. The molecule has 5 nitrogen and oxygen atoms in total. The maximum atomic E-state index is 5.84. The highest BCUT2D eigenvalue weighted by molar-refractivity contribution is 7.80. The maximum Gasteiger partial charge on any atom is 0.170 e. The van der Waals surface area contributed by atoms with E-state index in [1.807, 2.05) is 12.3 Å². The van der Waals surface area contributed by atoms with E-state index in [9.17, 15) is 0 Å². The number of hydrogen-bond donors (Lipinski definition) is 1. The molecule has 1 saturated heterocycles. The Morgan fingerprint density at radius 2 is 1.85 bits per heavy atom. The number of rotatable bonds is 8. The lowest BCUT2D eigenvalue weighted by atomic mass is 9.96. The number of hydrogen-bond acceptors (Lipinski definition) is 3. The SMILES string of the molecule is CCc1ccc(-n2c(C)cc([C@@H]3[C@H](c4ccccn4)NC(=S)N3CCCN(C)C)c2C)cc1. The molecule has 1 aliphatic rings. The summed E-state index contributed by atoms with van der Waals surface area (Å²) < 4.78 is 2.36. The van der Waals surface area contributed by atoms with Gasteiger partial charge in [-0.2, -0.15) is 0 Å². The largest absolute Gasteiger partial charge is 0.352 e. The third kappa shape index (κ3) is 4.82. The standard InChI is InChI=1S/C27H35N5S/c1-6-21-11-13-22(14-12-21)32-19(2)18-23(20(32)3)26-25(24-10-7-8-15-28-24)29-27(33)31(26)17-9-16-30(4)5/h7-8,10-15,18,25-26H,6,9,16-17H2,1-5H3,(H,29,33)/t25-,26+/m0/s1. The molecule has 0 amide bonds. The smallest absolute Gasteiger partial charge is 0.170 e. The van der Waals surface area contributed by atoms with Gasteiger partial charge in [-0.1, -0.05) is 25.1 Å². The van der Waals surface area contributed by atoms with Crippen molar-refractivity contribution in [2.45, 2.75) is 45.7 Å². The van der Waals surface area contributed by atoms with Crippen molar-refractivity contribution >= 4 is 17.3 Å². The molecule has 2 atom stereocenters. The van der Waals surface area contributed by atoms with Crippen LogP contribution in [0.2, 0.25) is 0 Å². The Hall–Kier alpha value is -2.70. The van der Waals surface area contributed by atoms with E-state index < -0.39 is 0 Å². The first kappa shape index (κ1) is 23.5. The third-order valence-electron chi connectivity index (χ3n) is 6.59. The molecule has 174 valence electrons. The van der Waals surface area contributed by atoms with Gasteiger partial charge in [0.25, 0.3) is 0 Å². The van der Waals surface area contributed by atoms with Crippen LogP contribution >= 0.6 is 12.2 Å². The summed E-state index contributed by atoms with van der Waals surface area (Å²) in [7, 11) is 4.23. The summed E-state index contributed by atoms with van der Waals surface area (Å²) in [5.74, 6) is 0. The lowest BCUT2D eigenvalue weighted by molar-refractivity contribution is 0.292. The number of pyridine rings is 1. The highest BCUT2D eigenvalue weighted by atomic mass is 32.1. The number of aromatic nitrogens is 2. The zero-order chi connectivity index (χ0) is 23.5. The minimum absolute atomic E-state index is 0.0227. The number of thiocarbonyl (C=S) groups is 1. The Morgan fingerprint density at radius 3 is 2.48 bits per heavy atom. The fraction of sp³-hybridized carbons (Fsp3) is 0.407. The van der Waals surface area contributed by atoms with Gasteiger partial charge in [-0.3, -0.25) is 4.98 Å². The topological polar surface area (TPSA) is 36.3 Å². The quantitative estimate of drug-likeness (QED) is 0.479. The number of nitrogens with zero attached hydrogens (tertiary/aromatic N) is 4. The number of nitrogens with one attached hydrogen (secondary N) is 1. The van der Waals surface area contributed by atoms with Crippen molar-refractivity contribution in [2.24, 2.45) is 0 Å². The van der Waals surface area contributed by atoms with Crippen molar-refractivity contribution in [3.63, 3.8) is 0 Å². The molecule has 0 aliphatic carbocycles. The van der Waals surface area contributed by atoms with Crippen LogP contribution < -0.4 is 5.32 Å². The zero-order valence-corrected chi connectivity index (χ0v) is 21.2. The summed E-state index contributed by atoms with van der Waals surface area (Å²) in [5, 5.41) is 4.40. The molecule has 0 unspecified atom stereocenters. The Morgan fingerprint density at radius 1 is 1.09 bits per heavy atom. The fourth-order valence-electron chi connectivity index (χ4n) is 4.91. The average molecular weight is 462 g/mol. The Labute approximate surface area is 203 Å². The number of aryl methyl sites for hydroxylation is 2. The lowest BCUT2D eigenvalue weighted by Crippen LogP contribution is -2.32. The fourth-order valence-corrected chi connectivity index (χ4v) is 5.24. The summed E-state index contributed by atoms with van der Waals surface area (Å²) in [5.41, 5.74) is 7.38. The van der Waals surface area contributed by atoms with Crippen molar-refractivity contribution in [1.82, 2.24) is 24.7 Å². The predicted molar refractivity (Wildman–Crippen MR) is 140 cm³/mol. The van der Waals surface area contributed by atoms with Crippen LogP contribution in [0.15, 0.2) is 54.7 Å². The van der Waals surface area contributed by atoms with Crippen molar-refractivity contribution < 1.29 is 0 Å². The van der Waals surface area contributed by atoms with Gasteiger partial charge in [0.2, 0.25) is 0 Å². The van der Waals surface area contributed by atoms with Gasteiger partial charge in [-0.25, -0.2) is 0 Å². The van der Waals surface area contributed by atoms with Crippen LogP contribution in [0.25, 0.3) is 5.69 Å². The van der Waals surface area contributed by atoms with E-state index in [2.05, 4.69) is 102 Å². The first-order valence-electron chi connectivity index (χ1n) is 11.8. The zero-order valence-electron chi connectivity index (χ0n) is 20.4. The summed E-state index contributed by atoms with van der Waals surface area (Å²) in [6, 6.07) is 17.5. The molecular weight excluding hydrogens is 426 g/mol. The van der Waals surface area contributed by atoms with Crippen molar-refractivity contribution in [3.8, 4) is 5.69 Å². The van der Waals surface area contributed by atoms with Crippen molar-refractivity contribution in [2.75, 3.05) is 27.2 Å². The summed E-state index contributed by atoms with van der Waals surface area (Å²) in [6.45, 7) is 8.55. The van der Waals surface area contributed by atoms with E-state index in [1.165, 1.54) is 28.2 Å². The van der Waals surface area contributed by atoms with Gasteiger partial charge < -0.3 is 19.7 Å². The van der Waals surface area contributed by atoms with E-state index in [0.717, 1.165) is 36.7 Å². The van der Waals surface area contributed by atoms with Crippen LogP contribution in [0.5, 0.6) is 0 Å². The van der Waals surface area contributed by atoms with Crippen LogP contribution in [0.4, 0.5) is 0 Å². The first-order chi connectivity index (χ1) is 15.9. The molecule has 1 aliphatic heterocycles. The van der Waals surface area contributed by atoms with E-state index in [4.69, 9.17) is 12.2 Å². The minimum Gasteiger partial charge on any atom is -0.352 e.